The quantitative estimate of drug-likeness (QED) is 0.0195. The zero-order valence-electron chi connectivity index (χ0n) is 58.1. The first-order chi connectivity index (χ1) is 43.1. The number of carboxylic acid groups (broad SMARTS) is 1. The number of esters is 2. The highest BCUT2D eigenvalue weighted by Crippen LogP contribution is 2.18. The fraction of sp³-hybridized carbons (Fsp3) is 0.759. The monoisotopic (exact) mass is 1230 g/mol. The van der Waals surface area contributed by atoms with Gasteiger partial charge >= 0.3 is 11.9 Å². The molecule has 0 saturated carbocycles. The number of hydrogen-bond donors (Lipinski definition) is 0. The molecule has 9 nitrogen and oxygen atoms in total. The van der Waals surface area contributed by atoms with E-state index in [0.29, 0.717) is 23.9 Å². The van der Waals surface area contributed by atoms with Gasteiger partial charge in [0, 0.05) is 12.8 Å². The van der Waals surface area contributed by atoms with E-state index in [1.165, 1.54) is 205 Å². The number of aliphatic carboxylic acids is 1. The largest absolute Gasteiger partial charge is 0.545 e. The van der Waals surface area contributed by atoms with Gasteiger partial charge in [0.25, 0.3) is 0 Å². The molecule has 508 valence electrons. The van der Waals surface area contributed by atoms with Crippen LogP contribution in [-0.4, -0.2) is 82.3 Å². The van der Waals surface area contributed by atoms with E-state index >= 15 is 0 Å². The minimum Gasteiger partial charge on any atom is -0.545 e. The zero-order chi connectivity index (χ0) is 64.0. The Morgan fingerprint density at radius 3 is 0.966 bits per heavy atom. The van der Waals surface area contributed by atoms with E-state index in [4.69, 9.17) is 18.9 Å². The molecule has 2 atom stereocenters. The number of ether oxygens (including phenoxy) is 4. The van der Waals surface area contributed by atoms with E-state index in [0.717, 1.165) is 89.9 Å². The van der Waals surface area contributed by atoms with Gasteiger partial charge in [0.1, 0.15) is 13.2 Å². The fourth-order valence-corrected chi connectivity index (χ4v) is 10.5. The van der Waals surface area contributed by atoms with Crippen molar-refractivity contribution >= 4 is 17.9 Å². The third kappa shape index (κ3) is 69.7. The van der Waals surface area contributed by atoms with Crippen LogP contribution in [-0.2, 0) is 33.3 Å². The predicted octanol–water partition coefficient (Wildman–Crippen LogP) is 21.9. The maximum absolute atomic E-state index is 12.9. The molecule has 0 heterocycles. The summed E-state index contributed by atoms with van der Waals surface area (Å²) in [5, 5.41) is 11.8. The molecule has 0 fully saturated rings. The van der Waals surface area contributed by atoms with Crippen LogP contribution in [0, 0.1) is 0 Å². The van der Waals surface area contributed by atoms with Crippen molar-refractivity contribution < 1.29 is 42.9 Å². The SMILES string of the molecule is CC/C=C\C/C=C\C/C=C\C/C=C\C/C=C\C/C=C\C/C=C\C/C=C\CCCCCCCCCCCCCCCCC(=O)OC(COC(=O)CCCCCCCCCCCCCCCCCCCCCCCCCC)COC(OCC[N+](C)(C)C)C(=O)[O-]. The van der Waals surface area contributed by atoms with Crippen molar-refractivity contribution in [3.8, 4) is 0 Å². The lowest BCUT2D eigenvalue weighted by Gasteiger charge is -2.26. The van der Waals surface area contributed by atoms with Crippen LogP contribution in [0.15, 0.2) is 97.2 Å². The van der Waals surface area contributed by atoms with Gasteiger partial charge in [-0.2, -0.15) is 0 Å². The highest BCUT2D eigenvalue weighted by molar-refractivity contribution is 5.70. The van der Waals surface area contributed by atoms with Crippen LogP contribution in [0.1, 0.15) is 328 Å². The Labute approximate surface area is 543 Å². The van der Waals surface area contributed by atoms with Crippen LogP contribution in [0.2, 0.25) is 0 Å². The Morgan fingerprint density at radius 1 is 0.352 bits per heavy atom. The van der Waals surface area contributed by atoms with Crippen LogP contribution in [0.4, 0.5) is 0 Å². The number of carbonyl (C=O) groups is 3. The van der Waals surface area contributed by atoms with Crippen molar-refractivity contribution in [1.29, 1.82) is 0 Å². The fourth-order valence-electron chi connectivity index (χ4n) is 10.5. The molecule has 0 saturated heterocycles. The summed E-state index contributed by atoms with van der Waals surface area (Å²) < 4.78 is 22.8. The molecule has 0 aromatic rings. The standard InChI is InChI=1S/C79H139NO8/c1-6-8-10-12-14-16-18-20-22-24-26-28-30-32-33-34-35-36-37-38-39-40-41-42-43-44-45-46-48-50-52-54-56-58-60-62-64-66-68-70-77(82)88-75(74-87-79(78(83)84)85-72-71-80(3,4)5)73-86-76(81)69-67-65-63-61-59-57-55-53-51-49-47-31-29-27-25-23-21-19-17-15-13-11-9-7-2/h8,10,14,16,20,22,26,28,32-33,35-36,38-39,41-42,75,79H,6-7,9,11-13,15,17-19,21,23-25,27,29-31,34,37,40,43-74H2,1-5H3/b10-8-,16-14-,22-20-,28-26-,33-32-,36-35-,39-38-,42-41-. The Hall–Kier alpha value is -3.79. The maximum atomic E-state index is 12.9. The minimum atomic E-state index is -1.62. The van der Waals surface area contributed by atoms with Gasteiger partial charge in [-0.1, -0.05) is 336 Å². The number of nitrogens with zero attached hydrogens (tertiary/aromatic N) is 1. The number of quaternary nitrogens is 1. The molecule has 0 N–H and O–H groups in total. The van der Waals surface area contributed by atoms with Crippen LogP contribution >= 0.6 is 0 Å². The summed E-state index contributed by atoms with van der Waals surface area (Å²) in [7, 11) is 5.94. The van der Waals surface area contributed by atoms with E-state index in [2.05, 4.69) is 111 Å². The molecule has 0 aliphatic rings. The highest BCUT2D eigenvalue weighted by atomic mass is 16.7. The van der Waals surface area contributed by atoms with E-state index in [9.17, 15) is 19.5 Å². The molecule has 0 spiro atoms. The average molecular weight is 1230 g/mol. The molecular formula is C79H139NO8. The van der Waals surface area contributed by atoms with E-state index in [1.54, 1.807) is 0 Å². The number of carbonyl (C=O) groups excluding carboxylic acids is 3. The van der Waals surface area contributed by atoms with Gasteiger partial charge in [0.15, 0.2) is 12.4 Å². The van der Waals surface area contributed by atoms with Crippen LogP contribution in [0.25, 0.3) is 0 Å². The first-order valence-electron chi connectivity index (χ1n) is 36.9. The van der Waals surface area contributed by atoms with Gasteiger partial charge < -0.3 is 33.3 Å². The number of unbranched alkanes of at least 4 members (excludes halogenated alkanes) is 37. The normalized spacial score (nSPS) is 13.2. The Balaban J connectivity index is 4.07. The lowest BCUT2D eigenvalue weighted by molar-refractivity contribution is -0.870. The topological polar surface area (TPSA) is 111 Å². The van der Waals surface area contributed by atoms with Gasteiger partial charge in [0.2, 0.25) is 0 Å². The third-order valence-electron chi connectivity index (χ3n) is 16.1. The summed E-state index contributed by atoms with van der Waals surface area (Å²) in [6, 6.07) is 0. The smallest absolute Gasteiger partial charge is 0.306 e. The summed E-state index contributed by atoms with van der Waals surface area (Å²) in [6.07, 6.45) is 92.1. The molecule has 0 amide bonds. The summed E-state index contributed by atoms with van der Waals surface area (Å²) in [5.74, 6) is -2.27. The first kappa shape index (κ1) is 84.2. The average Bonchev–Trinajstić information content (AvgIpc) is 3.52. The number of carboxylic acids is 1. The number of allylic oxidation sites excluding steroid dienone is 16. The highest BCUT2D eigenvalue weighted by Gasteiger charge is 2.22. The number of hydrogen-bond acceptors (Lipinski definition) is 8. The van der Waals surface area contributed by atoms with Crippen LogP contribution in [0.5, 0.6) is 0 Å². The second kappa shape index (κ2) is 69.1. The van der Waals surface area contributed by atoms with Crippen molar-refractivity contribution in [3.05, 3.63) is 97.2 Å². The van der Waals surface area contributed by atoms with Crippen molar-refractivity contribution in [3.63, 3.8) is 0 Å². The van der Waals surface area contributed by atoms with Crippen LogP contribution < -0.4 is 5.11 Å². The maximum Gasteiger partial charge on any atom is 0.306 e. The summed E-state index contributed by atoms with van der Waals surface area (Å²) in [5.41, 5.74) is 0. The molecule has 88 heavy (non-hydrogen) atoms. The Morgan fingerprint density at radius 2 is 0.648 bits per heavy atom. The van der Waals surface area contributed by atoms with Crippen LogP contribution in [0.3, 0.4) is 0 Å². The third-order valence-corrected chi connectivity index (χ3v) is 16.1. The lowest BCUT2D eigenvalue weighted by Crippen LogP contribution is -2.44. The summed E-state index contributed by atoms with van der Waals surface area (Å²) in [4.78, 5) is 37.5. The molecular weight excluding hydrogens is 1090 g/mol. The first-order valence-corrected chi connectivity index (χ1v) is 36.9. The van der Waals surface area contributed by atoms with Crippen molar-refractivity contribution in [2.75, 3.05) is 47.5 Å². The van der Waals surface area contributed by atoms with Gasteiger partial charge in [-0.25, -0.2) is 0 Å². The molecule has 0 aromatic heterocycles. The van der Waals surface area contributed by atoms with Gasteiger partial charge in [-0.15, -0.1) is 0 Å². The Bertz CT molecular complexity index is 1770. The summed E-state index contributed by atoms with van der Waals surface area (Å²) in [6.45, 7) is 4.68. The van der Waals surface area contributed by atoms with E-state index in [1.807, 2.05) is 21.1 Å². The van der Waals surface area contributed by atoms with Crippen molar-refractivity contribution in [2.24, 2.45) is 0 Å². The van der Waals surface area contributed by atoms with E-state index in [-0.39, 0.29) is 32.2 Å². The number of likely N-dealkylation sites (N-methyl/N-ethyl adjacent to an activating group) is 1. The lowest BCUT2D eigenvalue weighted by atomic mass is 10.0. The van der Waals surface area contributed by atoms with Gasteiger partial charge in [0.05, 0.1) is 40.3 Å². The zero-order valence-corrected chi connectivity index (χ0v) is 58.1. The predicted molar refractivity (Wildman–Crippen MR) is 375 cm³/mol. The molecule has 0 aliphatic heterocycles. The van der Waals surface area contributed by atoms with Gasteiger partial charge in [-0.3, -0.25) is 9.59 Å². The van der Waals surface area contributed by atoms with Gasteiger partial charge in [-0.05, 0) is 77.0 Å². The van der Waals surface area contributed by atoms with Crippen molar-refractivity contribution in [1.82, 2.24) is 0 Å². The Kier molecular flexibility index (Phi) is 66.1. The molecule has 0 radical (unpaired) electrons. The summed E-state index contributed by atoms with van der Waals surface area (Å²) >= 11 is 0. The number of rotatable bonds is 68. The molecule has 2 unspecified atom stereocenters. The molecule has 0 aliphatic carbocycles. The second-order valence-electron chi connectivity index (χ2n) is 25.9. The molecule has 0 bridgehead atoms. The van der Waals surface area contributed by atoms with Crippen molar-refractivity contribution in [2.45, 2.75) is 341 Å². The molecule has 9 heteroatoms. The second-order valence-corrected chi connectivity index (χ2v) is 25.9. The van der Waals surface area contributed by atoms with E-state index < -0.39 is 24.3 Å². The molecule has 0 aromatic carbocycles. The molecule has 0 rings (SSSR count). The minimum absolute atomic E-state index is 0.147.